The van der Waals surface area contributed by atoms with Crippen LogP contribution < -0.4 is 0 Å². The molecule has 0 fully saturated rings. The molecule has 2 aromatic carbocycles. The van der Waals surface area contributed by atoms with Gasteiger partial charge in [-0.15, -0.1) is 0 Å². The lowest BCUT2D eigenvalue weighted by Gasteiger charge is -2.06. The van der Waals surface area contributed by atoms with Gasteiger partial charge >= 0.3 is 0 Å². The van der Waals surface area contributed by atoms with Crippen molar-refractivity contribution in [3.63, 3.8) is 0 Å². The average molecular weight is 401 g/mol. The molecular weight excluding hydrogens is 396 g/mol. The summed E-state index contributed by atoms with van der Waals surface area (Å²) in [5.74, 6) is -0.273. The van der Waals surface area contributed by atoms with Gasteiger partial charge in [0.25, 0.3) is 0 Å². The zero-order valence-electron chi connectivity index (χ0n) is 8.28. The fourth-order valence-electron chi connectivity index (χ4n) is 1.40. The zero-order chi connectivity index (χ0) is 12.6. The van der Waals surface area contributed by atoms with Crippen molar-refractivity contribution >= 4 is 57.4 Å². The Hall–Kier alpha value is -0.0300. The Morgan fingerprint density at radius 2 is 1.47 bits per heavy atom. The molecule has 0 heterocycles. The second-order valence-electron chi connectivity index (χ2n) is 3.38. The van der Waals surface area contributed by atoms with Crippen LogP contribution in [0.25, 0.3) is 11.1 Å². The van der Waals surface area contributed by atoms with Crippen LogP contribution in [0.3, 0.4) is 0 Å². The van der Waals surface area contributed by atoms with Gasteiger partial charge in [-0.1, -0.05) is 40.9 Å². The van der Waals surface area contributed by atoms with Crippen LogP contribution in [0.4, 0.5) is 4.39 Å². The van der Waals surface area contributed by atoms with E-state index in [1.807, 2.05) is 22.6 Å². The average Bonchev–Trinajstić information content (AvgIpc) is 2.29. The maximum atomic E-state index is 13.4. The first-order chi connectivity index (χ1) is 7.99. The molecule has 0 radical (unpaired) electrons. The Bertz CT molecular complexity index is 561. The van der Waals surface area contributed by atoms with Crippen LogP contribution in [-0.2, 0) is 0 Å². The van der Waals surface area contributed by atoms with E-state index in [0.29, 0.717) is 24.2 Å². The smallest absolute Gasteiger partial charge is 0.137 e. The third-order valence-electron chi connectivity index (χ3n) is 2.24. The van der Waals surface area contributed by atoms with Gasteiger partial charge in [-0.25, -0.2) is 4.39 Å². The molecule has 88 valence electrons. The molecule has 0 nitrogen and oxygen atoms in total. The summed E-state index contributed by atoms with van der Waals surface area (Å²) in [6, 6.07) is 8.27. The zero-order valence-corrected chi connectivity index (χ0v) is 12.7. The second-order valence-corrected chi connectivity index (χ2v) is 5.74. The van der Waals surface area contributed by atoms with Crippen LogP contribution in [0.2, 0.25) is 15.1 Å². The van der Waals surface area contributed by atoms with E-state index in [-0.39, 0.29) is 5.82 Å². The molecule has 5 heteroatoms. The van der Waals surface area contributed by atoms with Crippen LogP contribution in [0.1, 0.15) is 0 Å². The normalized spacial score (nSPS) is 10.6. The molecule has 0 unspecified atom stereocenters. The van der Waals surface area contributed by atoms with E-state index in [0.717, 1.165) is 5.56 Å². The Labute approximate surface area is 127 Å². The van der Waals surface area contributed by atoms with Crippen LogP contribution in [0.5, 0.6) is 0 Å². The van der Waals surface area contributed by atoms with Crippen molar-refractivity contribution < 1.29 is 4.39 Å². The molecule has 0 atom stereocenters. The predicted molar refractivity (Wildman–Crippen MR) is 79.6 cm³/mol. The van der Waals surface area contributed by atoms with E-state index in [9.17, 15) is 4.39 Å². The molecule has 0 aliphatic heterocycles. The summed E-state index contributed by atoms with van der Waals surface area (Å²) < 4.78 is 14.0. The van der Waals surface area contributed by atoms with Gasteiger partial charge in [0.15, 0.2) is 0 Å². The summed E-state index contributed by atoms with van der Waals surface area (Å²) in [4.78, 5) is 0. The van der Waals surface area contributed by atoms with E-state index in [2.05, 4.69) is 0 Å². The summed E-state index contributed by atoms with van der Waals surface area (Å²) in [5.41, 5.74) is 1.45. The number of hydrogen-bond donors (Lipinski definition) is 0. The summed E-state index contributed by atoms with van der Waals surface area (Å²) in [6.45, 7) is 0. The van der Waals surface area contributed by atoms with E-state index in [1.54, 1.807) is 24.3 Å². The van der Waals surface area contributed by atoms with E-state index in [4.69, 9.17) is 34.8 Å². The third kappa shape index (κ3) is 2.87. The van der Waals surface area contributed by atoms with Crippen LogP contribution in [0, 0.1) is 9.39 Å². The van der Waals surface area contributed by atoms with Crippen molar-refractivity contribution in [2.75, 3.05) is 0 Å². The molecule has 0 spiro atoms. The Morgan fingerprint density at radius 1 is 0.882 bits per heavy atom. The van der Waals surface area contributed by atoms with E-state index < -0.39 is 0 Å². The molecule has 2 aromatic rings. The van der Waals surface area contributed by atoms with Crippen LogP contribution in [-0.4, -0.2) is 0 Å². The van der Waals surface area contributed by atoms with Crippen molar-refractivity contribution in [3.05, 3.63) is 54.8 Å². The molecule has 2 rings (SSSR count). The quantitative estimate of drug-likeness (QED) is 0.403. The molecule has 17 heavy (non-hydrogen) atoms. The minimum Gasteiger partial charge on any atom is -0.206 e. The molecular formula is C12H5Cl3FI. The van der Waals surface area contributed by atoms with Crippen molar-refractivity contribution in [1.82, 2.24) is 0 Å². The molecule has 0 N–H and O–H groups in total. The fraction of sp³-hybridized carbons (Fsp3) is 0. The minimum absolute atomic E-state index is 0.273. The maximum Gasteiger partial charge on any atom is 0.137 e. The van der Waals surface area contributed by atoms with Crippen molar-refractivity contribution in [1.29, 1.82) is 0 Å². The number of rotatable bonds is 1. The largest absolute Gasteiger partial charge is 0.206 e. The Morgan fingerprint density at radius 3 is 2.00 bits per heavy atom. The highest BCUT2D eigenvalue weighted by Crippen LogP contribution is 2.35. The van der Waals surface area contributed by atoms with Crippen LogP contribution >= 0.6 is 57.4 Å². The van der Waals surface area contributed by atoms with E-state index in [1.165, 1.54) is 6.07 Å². The summed E-state index contributed by atoms with van der Waals surface area (Å²) in [5, 5.41) is 1.02. The standard InChI is InChI=1S/C12H5Cl3FI/c13-8-3-7(4-9(14)12(8)15)6-1-2-11(17)10(16)5-6/h1-5H. The van der Waals surface area contributed by atoms with Crippen LogP contribution in [0.15, 0.2) is 30.3 Å². The topological polar surface area (TPSA) is 0 Å². The molecule has 0 bridgehead atoms. The molecule has 0 aliphatic carbocycles. The highest BCUT2D eigenvalue weighted by atomic mass is 127. The van der Waals surface area contributed by atoms with Crippen molar-refractivity contribution in [2.24, 2.45) is 0 Å². The second kappa shape index (κ2) is 5.31. The molecule has 0 aliphatic rings. The predicted octanol–water partition coefficient (Wildman–Crippen LogP) is 6.06. The number of halogens is 5. The lowest BCUT2D eigenvalue weighted by molar-refractivity contribution is 0.621. The molecule has 0 saturated carbocycles. The van der Waals surface area contributed by atoms with Gasteiger partial charge < -0.3 is 0 Å². The first-order valence-electron chi connectivity index (χ1n) is 4.59. The van der Waals surface area contributed by atoms with Crippen molar-refractivity contribution in [2.45, 2.75) is 0 Å². The molecule has 0 saturated heterocycles. The lowest BCUT2D eigenvalue weighted by atomic mass is 10.1. The third-order valence-corrected chi connectivity index (χ3v) is 4.31. The van der Waals surface area contributed by atoms with Gasteiger partial charge in [0.1, 0.15) is 5.82 Å². The molecule has 0 aromatic heterocycles. The fourth-order valence-corrected chi connectivity index (χ4v) is 2.33. The van der Waals surface area contributed by atoms with Gasteiger partial charge in [0.2, 0.25) is 0 Å². The first-order valence-corrected chi connectivity index (χ1v) is 6.80. The van der Waals surface area contributed by atoms with Gasteiger partial charge in [0.05, 0.1) is 15.1 Å². The monoisotopic (exact) mass is 400 g/mol. The number of hydrogen-bond acceptors (Lipinski definition) is 0. The van der Waals surface area contributed by atoms with Crippen molar-refractivity contribution in [3.8, 4) is 11.1 Å². The summed E-state index contributed by atoms with van der Waals surface area (Å²) in [6.07, 6.45) is 0. The minimum atomic E-state index is -0.273. The van der Waals surface area contributed by atoms with Gasteiger partial charge in [0, 0.05) is 3.57 Å². The van der Waals surface area contributed by atoms with Gasteiger partial charge in [-0.3, -0.25) is 0 Å². The Balaban J connectivity index is 2.57. The lowest BCUT2D eigenvalue weighted by Crippen LogP contribution is -1.85. The van der Waals surface area contributed by atoms with Gasteiger partial charge in [-0.05, 0) is 58.0 Å². The van der Waals surface area contributed by atoms with Gasteiger partial charge in [-0.2, -0.15) is 0 Å². The molecule has 0 amide bonds. The van der Waals surface area contributed by atoms with E-state index >= 15 is 0 Å². The highest BCUT2D eigenvalue weighted by molar-refractivity contribution is 14.1. The summed E-state index contributed by atoms with van der Waals surface area (Å²) >= 11 is 19.6. The summed E-state index contributed by atoms with van der Waals surface area (Å²) in [7, 11) is 0. The Kier molecular flexibility index (Phi) is 4.18. The number of benzene rings is 2. The first kappa shape index (κ1) is 13.4. The maximum absolute atomic E-state index is 13.4. The SMILES string of the molecule is Fc1cc(-c2cc(Cl)c(Cl)c(Cl)c2)ccc1I. The highest BCUT2D eigenvalue weighted by Gasteiger charge is 2.09.